The first-order chi connectivity index (χ1) is 8.60. The summed E-state index contributed by atoms with van der Waals surface area (Å²) in [5.74, 6) is 0.0903. The molecule has 1 aromatic carbocycles. The summed E-state index contributed by atoms with van der Waals surface area (Å²) in [5.41, 5.74) is 1.22. The highest BCUT2D eigenvalue weighted by atomic mass is 35.5. The molecule has 0 saturated carbocycles. The summed E-state index contributed by atoms with van der Waals surface area (Å²) in [7, 11) is 0. The third kappa shape index (κ3) is 2.53. The van der Waals surface area contributed by atoms with Crippen LogP contribution in [0.5, 0.6) is 5.75 Å². The van der Waals surface area contributed by atoms with Gasteiger partial charge in [0, 0.05) is 18.8 Å². The Balaban J connectivity index is 2.34. The molecule has 4 nitrogen and oxygen atoms in total. The molecule has 1 aromatic heterocycles. The SMILES string of the molecule is CC(=O)Oc1ccc(-n2cc(Cl)cc2C#N)cc1. The number of nitriles is 1. The zero-order chi connectivity index (χ0) is 13.1. The van der Waals surface area contributed by atoms with Crippen molar-refractivity contribution in [2.24, 2.45) is 0 Å². The van der Waals surface area contributed by atoms with Crippen LogP contribution < -0.4 is 4.74 Å². The van der Waals surface area contributed by atoms with Crippen LogP contribution in [-0.4, -0.2) is 10.5 Å². The highest BCUT2D eigenvalue weighted by Gasteiger charge is 2.06. The molecule has 0 atom stereocenters. The van der Waals surface area contributed by atoms with Gasteiger partial charge in [0.05, 0.1) is 5.02 Å². The topological polar surface area (TPSA) is 55.0 Å². The van der Waals surface area contributed by atoms with Gasteiger partial charge in [-0.1, -0.05) is 11.6 Å². The summed E-state index contributed by atoms with van der Waals surface area (Å²) in [6.45, 7) is 1.34. The van der Waals surface area contributed by atoms with Crippen LogP contribution in [0, 0.1) is 11.3 Å². The summed E-state index contributed by atoms with van der Waals surface area (Å²) in [5, 5.41) is 9.46. The van der Waals surface area contributed by atoms with Crippen molar-refractivity contribution in [1.82, 2.24) is 4.57 Å². The molecule has 5 heteroatoms. The maximum atomic E-state index is 10.8. The molecule has 0 N–H and O–H groups in total. The molecule has 2 aromatic rings. The third-order valence-corrected chi connectivity index (χ3v) is 2.48. The summed E-state index contributed by atoms with van der Waals surface area (Å²) in [6.07, 6.45) is 1.65. The van der Waals surface area contributed by atoms with E-state index >= 15 is 0 Å². The molecule has 0 unspecified atom stereocenters. The molecule has 0 spiro atoms. The number of hydrogen-bond acceptors (Lipinski definition) is 3. The second-order valence-electron chi connectivity index (χ2n) is 3.61. The van der Waals surface area contributed by atoms with E-state index in [-0.39, 0.29) is 5.97 Å². The van der Waals surface area contributed by atoms with Crippen molar-refractivity contribution in [1.29, 1.82) is 5.26 Å². The Morgan fingerprint density at radius 3 is 2.61 bits per heavy atom. The largest absolute Gasteiger partial charge is 0.427 e. The number of carbonyl (C=O) groups excluding carboxylic acids is 1. The molecule has 0 radical (unpaired) electrons. The van der Waals surface area contributed by atoms with Crippen LogP contribution in [0.4, 0.5) is 0 Å². The fraction of sp³-hybridized carbons (Fsp3) is 0.0769. The number of hydrogen-bond donors (Lipinski definition) is 0. The van der Waals surface area contributed by atoms with Crippen LogP contribution in [0.3, 0.4) is 0 Å². The lowest BCUT2D eigenvalue weighted by molar-refractivity contribution is -0.131. The lowest BCUT2D eigenvalue weighted by Crippen LogP contribution is -2.01. The summed E-state index contributed by atoms with van der Waals surface area (Å²) in [6, 6.07) is 10.4. The van der Waals surface area contributed by atoms with E-state index in [4.69, 9.17) is 21.6 Å². The van der Waals surface area contributed by atoms with Gasteiger partial charge in [-0.3, -0.25) is 4.79 Å². The zero-order valence-electron chi connectivity index (χ0n) is 9.55. The fourth-order valence-electron chi connectivity index (χ4n) is 1.57. The van der Waals surface area contributed by atoms with E-state index in [0.717, 1.165) is 5.69 Å². The average Bonchev–Trinajstić information content (AvgIpc) is 2.71. The quantitative estimate of drug-likeness (QED) is 0.616. The number of ether oxygens (including phenoxy) is 1. The van der Waals surface area contributed by atoms with Crippen molar-refractivity contribution in [3.63, 3.8) is 0 Å². The van der Waals surface area contributed by atoms with Crippen LogP contribution in [0.1, 0.15) is 12.6 Å². The van der Waals surface area contributed by atoms with Crippen molar-refractivity contribution in [3.05, 3.63) is 47.2 Å². The second kappa shape index (κ2) is 4.94. The number of esters is 1. The highest BCUT2D eigenvalue weighted by molar-refractivity contribution is 6.30. The van der Waals surface area contributed by atoms with Gasteiger partial charge >= 0.3 is 5.97 Å². The molecule has 0 aliphatic rings. The smallest absolute Gasteiger partial charge is 0.308 e. The predicted octanol–water partition coefficient (Wildman–Crippen LogP) is 2.93. The molecular formula is C13H9ClN2O2. The van der Waals surface area contributed by atoms with Gasteiger partial charge in [-0.25, -0.2) is 0 Å². The number of nitrogens with zero attached hydrogens (tertiary/aromatic N) is 2. The van der Waals surface area contributed by atoms with Crippen LogP contribution in [0.25, 0.3) is 5.69 Å². The van der Waals surface area contributed by atoms with Gasteiger partial charge in [-0.2, -0.15) is 5.26 Å². The summed E-state index contributed by atoms with van der Waals surface area (Å²) < 4.78 is 6.59. The number of benzene rings is 1. The van der Waals surface area contributed by atoms with Crippen molar-refractivity contribution >= 4 is 17.6 Å². The van der Waals surface area contributed by atoms with Gasteiger partial charge in [-0.15, -0.1) is 0 Å². The molecule has 0 fully saturated rings. The van der Waals surface area contributed by atoms with Gasteiger partial charge < -0.3 is 9.30 Å². The Hall–Kier alpha value is -2.25. The Kier molecular flexibility index (Phi) is 3.35. The van der Waals surface area contributed by atoms with Crippen molar-refractivity contribution in [2.45, 2.75) is 6.92 Å². The van der Waals surface area contributed by atoms with Crippen LogP contribution in [0.2, 0.25) is 5.02 Å². The fourth-order valence-corrected chi connectivity index (χ4v) is 1.77. The molecule has 0 saturated heterocycles. The van der Waals surface area contributed by atoms with Gasteiger partial charge in [0.15, 0.2) is 0 Å². The molecule has 0 aliphatic heterocycles. The molecule has 18 heavy (non-hydrogen) atoms. The molecule has 0 amide bonds. The first-order valence-electron chi connectivity index (χ1n) is 5.17. The normalized spacial score (nSPS) is 9.83. The monoisotopic (exact) mass is 260 g/mol. The first-order valence-corrected chi connectivity index (χ1v) is 5.55. The Morgan fingerprint density at radius 2 is 2.06 bits per heavy atom. The minimum atomic E-state index is -0.371. The van der Waals surface area contributed by atoms with Gasteiger partial charge in [0.1, 0.15) is 17.5 Å². The van der Waals surface area contributed by atoms with Gasteiger partial charge in [0.2, 0.25) is 0 Å². The Morgan fingerprint density at radius 1 is 1.39 bits per heavy atom. The van der Waals surface area contributed by atoms with Crippen LogP contribution >= 0.6 is 11.6 Å². The minimum Gasteiger partial charge on any atom is -0.427 e. The molecule has 1 heterocycles. The van der Waals surface area contributed by atoms with Crippen molar-refractivity contribution in [2.75, 3.05) is 0 Å². The van der Waals surface area contributed by atoms with Gasteiger partial charge in [0.25, 0.3) is 0 Å². The maximum Gasteiger partial charge on any atom is 0.308 e. The Bertz CT molecular complexity index is 623. The number of carbonyl (C=O) groups is 1. The second-order valence-corrected chi connectivity index (χ2v) is 4.05. The predicted molar refractivity (Wildman–Crippen MR) is 66.8 cm³/mol. The van der Waals surface area contributed by atoms with E-state index in [1.165, 1.54) is 6.92 Å². The first kappa shape index (κ1) is 12.2. The average molecular weight is 261 g/mol. The van der Waals surface area contributed by atoms with E-state index in [2.05, 4.69) is 6.07 Å². The molecule has 2 rings (SSSR count). The van der Waals surface area contributed by atoms with Crippen LogP contribution in [0.15, 0.2) is 36.5 Å². The van der Waals surface area contributed by atoms with Crippen molar-refractivity contribution < 1.29 is 9.53 Å². The van der Waals surface area contributed by atoms with E-state index < -0.39 is 0 Å². The number of aromatic nitrogens is 1. The molecule has 90 valence electrons. The molecule has 0 bridgehead atoms. The number of rotatable bonds is 2. The standard InChI is InChI=1S/C13H9ClN2O2/c1-9(17)18-13-4-2-11(3-5-13)16-8-10(14)6-12(16)7-15/h2-6,8H,1H3. The van der Waals surface area contributed by atoms with E-state index in [0.29, 0.717) is 16.5 Å². The summed E-state index contributed by atoms with van der Waals surface area (Å²) in [4.78, 5) is 10.8. The molecular weight excluding hydrogens is 252 g/mol. The molecule has 0 aliphatic carbocycles. The van der Waals surface area contributed by atoms with E-state index in [1.807, 2.05) is 0 Å². The van der Waals surface area contributed by atoms with Crippen LogP contribution in [-0.2, 0) is 4.79 Å². The third-order valence-electron chi connectivity index (χ3n) is 2.28. The number of halogens is 1. The van der Waals surface area contributed by atoms with E-state index in [1.54, 1.807) is 41.1 Å². The van der Waals surface area contributed by atoms with Crippen molar-refractivity contribution in [3.8, 4) is 17.5 Å². The zero-order valence-corrected chi connectivity index (χ0v) is 10.3. The minimum absolute atomic E-state index is 0.371. The van der Waals surface area contributed by atoms with Gasteiger partial charge in [-0.05, 0) is 30.3 Å². The highest BCUT2D eigenvalue weighted by Crippen LogP contribution is 2.21. The lowest BCUT2D eigenvalue weighted by Gasteiger charge is -2.06. The maximum absolute atomic E-state index is 10.8. The summed E-state index contributed by atoms with van der Waals surface area (Å²) >= 11 is 5.85. The Labute approximate surface area is 109 Å². The van der Waals surface area contributed by atoms with E-state index in [9.17, 15) is 4.79 Å². The lowest BCUT2D eigenvalue weighted by atomic mass is 10.3.